The topological polar surface area (TPSA) is 96.6 Å². The molecule has 0 heterocycles. The monoisotopic (exact) mass is 631 g/mol. The third kappa shape index (κ3) is 11.0. The Morgan fingerprint density at radius 2 is 1.38 bits per heavy atom. The molecule has 0 saturated carbocycles. The highest BCUT2D eigenvalue weighted by atomic mass is 16.5. The Bertz CT molecular complexity index is 1610. The lowest BCUT2D eigenvalue weighted by Gasteiger charge is -2.20. The summed E-state index contributed by atoms with van der Waals surface area (Å²) in [5, 5.41) is 19.0. The van der Waals surface area contributed by atoms with Gasteiger partial charge in [0.15, 0.2) is 0 Å². The predicted molar refractivity (Wildman–Crippen MR) is 187 cm³/mol. The van der Waals surface area contributed by atoms with E-state index in [1.165, 1.54) is 0 Å². The summed E-state index contributed by atoms with van der Waals surface area (Å²) in [6.45, 7) is 10.9. The molecule has 47 heavy (non-hydrogen) atoms. The standard InChI is InChI=1S/C24H27NO2.C17H18O3/c1-3-5-12-19(4-2)18-27-24(26)22(17-25)23(20-13-8-6-9-14-20)21-15-10-7-11-16-21;1-17(2,3)12-9-10-14(16(18)19)15(11-12)20-13-7-5-4-6-8-13/h6-11,13-16,19H,3-5,12,18H2,1-2H3;4-11H,1-3H3,(H,18,19). The summed E-state index contributed by atoms with van der Waals surface area (Å²) in [6, 6.07) is 35.6. The zero-order chi connectivity index (χ0) is 34.2. The van der Waals surface area contributed by atoms with Crippen molar-refractivity contribution in [2.45, 2.75) is 65.7 Å². The van der Waals surface area contributed by atoms with Gasteiger partial charge in [-0.1, -0.05) is 139 Å². The van der Waals surface area contributed by atoms with Crippen LogP contribution in [-0.4, -0.2) is 23.7 Å². The zero-order valence-electron chi connectivity index (χ0n) is 28.0. The molecule has 4 aromatic carbocycles. The first kappa shape index (κ1) is 36.3. The van der Waals surface area contributed by atoms with Gasteiger partial charge in [-0.25, -0.2) is 9.59 Å². The number of hydrogen-bond acceptors (Lipinski definition) is 5. The molecule has 0 aliphatic heterocycles. The summed E-state index contributed by atoms with van der Waals surface area (Å²) < 4.78 is 11.3. The zero-order valence-corrected chi connectivity index (χ0v) is 28.0. The molecule has 1 N–H and O–H groups in total. The highest BCUT2D eigenvalue weighted by Gasteiger charge is 2.21. The van der Waals surface area contributed by atoms with Crippen molar-refractivity contribution in [1.82, 2.24) is 0 Å². The molecular formula is C41H45NO5. The van der Waals surface area contributed by atoms with Crippen LogP contribution in [0.15, 0.2) is 115 Å². The maximum absolute atomic E-state index is 12.8. The number of carbonyl (C=O) groups is 2. The molecule has 0 amide bonds. The van der Waals surface area contributed by atoms with Crippen LogP contribution in [0.5, 0.6) is 11.5 Å². The minimum absolute atomic E-state index is 0.0535. The van der Waals surface area contributed by atoms with Crippen molar-refractivity contribution in [3.8, 4) is 17.6 Å². The smallest absolute Gasteiger partial charge is 0.349 e. The van der Waals surface area contributed by atoms with Gasteiger partial charge in [0.1, 0.15) is 28.7 Å². The molecule has 4 aromatic rings. The van der Waals surface area contributed by atoms with Gasteiger partial charge in [-0.05, 0) is 58.7 Å². The average molecular weight is 632 g/mol. The molecule has 0 bridgehead atoms. The lowest BCUT2D eigenvalue weighted by molar-refractivity contribution is -0.139. The molecule has 0 aromatic heterocycles. The molecule has 0 saturated heterocycles. The van der Waals surface area contributed by atoms with Crippen LogP contribution >= 0.6 is 0 Å². The SMILES string of the molecule is CC(C)(C)c1ccc(C(=O)O)c(Oc2ccccc2)c1.CCCCC(CC)COC(=O)C(C#N)=C(c1ccccc1)c1ccccc1. The molecule has 244 valence electrons. The Labute approximate surface area is 279 Å². The number of carboxylic acid groups (broad SMARTS) is 1. The number of esters is 1. The number of ether oxygens (including phenoxy) is 2. The number of rotatable bonds is 12. The van der Waals surface area contributed by atoms with Gasteiger partial charge in [-0.15, -0.1) is 0 Å². The lowest BCUT2D eigenvalue weighted by atomic mass is 9.86. The molecule has 1 unspecified atom stereocenters. The van der Waals surface area contributed by atoms with E-state index in [-0.39, 0.29) is 16.6 Å². The molecule has 0 fully saturated rings. The highest BCUT2D eigenvalue weighted by molar-refractivity contribution is 6.05. The van der Waals surface area contributed by atoms with Crippen LogP contribution in [0.1, 0.15) is 87.4 Å². The summed E-state index contributed by atoms with van der Waals surface area (Å²) in [7, 11) is 0. The number of carbonyl (C=O) groups excluding carboxylic acids is 1. The van der Waals surface area contributed by atoms with Crippen LogP contribution in [-0.2, 0) is 14.9 Å². The van der Waals surface area contributed by atoms with Crippen molar-refractivity contribution in [2.24, 2.45) is 5.92 Å². The molecule has 0 radical (unpaired) electrons. The van der Waals surface area contributed by atoms with E-state index in [4.69, 9.17) is 9.47 Å². The fourth-order valence-electron chi connectivity index (χ4n) is 4.90. The maximum Gasteiger partial charge on any atom is 0.349 e. The van der Waals surface area contributed by atoms with E-state index in [9.17, 15) is 20.0 Å². The van der Waals surface area contributed by atoms with Crippen molar-refractivity contribution in [3.05, 3.63) is 137 Å². The van der Waals surface area contributed by atoms with Crippen molar-refractivity contribution in [2.75, 3.05) is 6.61 Å². The molecule has 0 aliphatic rings. The fraction of sp³-hybridized carbons (Fsp3) is 0.293. The maximum atomic E-state index is 12.8. The van der Waals surface area contributed by atoms with Crippen LogP contribution in [0.25, 0.3) is 5.57 Å². The van der Waals surface area contributed by atoms with Crippen LogP contribution < -0.4 is 4.74 Å². The minimum Gasteiger partial charge on any atom is -0.478 e. The third-order valence-corrected chi connectivity index (χ3v) is 7.73. The molecule has 6 heteroatoms. The molecule has 1 atom stereocenters. The van der Waals surface area contributed by atoms with Gasteiger partial charge in [-0.3, -0.25) is 0 Å². The van der Waals surface area contributed by atoms with Crippen LogP contribution in [0.2, 0.25) is 0 Å². The first-order chi connectivity index (χ1) is 22.6. The van der Waals surface area contributed by atoms with Gasteiger partial charge in [0, 0.05) is 5.57 Å². The van der Waals surface area contributed by atoms with Gasteiger partial charge >= 0.3 is 11.9 Å². The van der Waals surface area contributed by atoms with Gasteiger partial charge in [0.25, 0.3) is 0 Å². The number of benzene rings is 4. The van der Waals surface area contributed by atoms with E-state index in [0.29, 0.717) is 29.6 Å². The van der Waals surface area contributed by atoms with Gasteiger partial charge in [0.05, 0.1) is 6.61 Å². The van der Waals surface area contributed by atoms with E-state index < -0.39 is 11.9 Å². The summed E-state index contributed by atoms with van der Waals surface area (Å²) in [4.78, 5) is 24.0. The summed E-state index contributed by atoms with van der Waals surface area (Å²) in [5.41, 5.74) is 3.47. The minimum atomic E-state index is -0.989. The highest BCUT2D eigenvalue weighted by Crippen LogP contribution is 2.32. The van der Waals surface area contributed by atoms with Crippen molar-refractivity contribution < 1.29 is 24.2 Å². The normalized spacial score (nSPS) is 11.2. The quantitative estimate of drug-likeness (QED) is 0.0949. The van der Waals surface area contributed by atoms with Gasteiger partial charge in [-0.2, -0.15) is 5.26 Å². The Balaban J connectivity index is 0.000000267. The number of aromatic carboxylic acids is 1. The van der Waals surface area contributed by atoms with E-state index in [2.05, 4.69) is 40.7 Å². The average Bonchev–Trinajstić information content (AvgIpc) is 3.08. The molecule has 0 spiro atoms. The number of para-hydroxylation sites is 1. The van der Waals surface area contributed by atoms with Crippen LogP contribution in [0.3, 0.4) is 0 Å². The summed E-state index contributed by atoms with van der Waals surface area (Å²) in [6.07, 6.45) is 4.25. The van der Waals surface area contributed by atoms with Crippen molar-refractivity contribution in [1.29, 1.82) is 5.26 Å². The van der Waals surface area contributed by atoms with Gasteiger partial charge in [0.2, 0.25) is 0 Å². The molecular weight excluding hydrogens is 586 g/mol. The Kier molecular flexibility index (Phi) is 14.0. The number of carboxylic acids is 1. The van der Waals surface area contributed by atoms with E-state index in [1.807, 2.05) is 84.9 Å². The Hall–Kier alpha value is -5.15. The second-order valence-corrected chi connectivity index (χ2v) is 12.3. The Morgan fingerprint density at radius 1 is 0.830 bits per heavy atom. The second kappa shape index (κ2) is 18.1. The predicted octanol–water partition coefficient (Wildman–Crippen LogP) is 10.2. The molecule has 4 rings (SSSR count). The second-order valence-electron chi connectivity index (χ2n) is 12.3. The number of nitrogens with zero attached hydrogens (tertiary/aromatic N) is 1. The number of unbranched alkanes of at least 4 members (excludes halogenated alkanes) is 1. The molecule has 6 nitrogen and oxygen atoms in total. The first-order valence-corrected chi connectivity index (χ1v) is 16.1. The van der Waals surface area contributed by atoms with E-state index >= 15 is 0 Å². The number of hydrogen-bond donors (Lipinski definition) is 1. The fourth-order valence-corrected chi connectivity index (χ4v) is 4.90. The summed E-state index contributed by atoms with van der Waals surface area (Å²) >= 11 is 0. The third-order valence-electron chi connectivity index (χ3n) is 7.73. The van der Waals surface area contributed by atoms with E-state index in [0.717, 1.165) is 42.4 Å². The lowest BCUT2D eigenvalue weighted by Crippen LogP contribution is -2.16. The number of nitriles is 1. The largest absolute Gasteiger partial charge is 0.478 e. The molecule has 0 aliphatic carbocycles. The first-order valence-electron chi connectivity index (χ1n) is 16.1. The van der Waals surface area contributed by atoms with Gasteiger partial charge < -0.3 is 14.6 Å². The van der Waals surface area contributed by atoms with Crippen molar-refractivity contribution in [3.63, 3.8) is 0 Å². The van der Waals surface area contributed by atoms with Crippen LogP contribution in [0, 0.1) is 17.2 Å². The van der Waals surface area contributed by atoms with Crippen molar-refractivity contribution >= 4 is 17.5 Å². The Morgan fingerprint density at radius 3 is 1.85 bits per heavy atom. The summed E-state index contributed by atoms with van der Waals surface area (Å²) in [5.74, 6) is -0.200. The van der Waals surface area contributed by atoms with E-state index in [1.54, 1.807) is 24.3 Å². The van der Waals surface area contributed by atoms with Crippen LogP contribution in [0.4, 0.5) is 0 Å².